The molecule has 0 radical (unpaired) electrons. The van der Waals surface area contributed by atoms with Crippen molar-refractivity contribution in [3.63, 3.8) is 0 Å². The lowest BCUT2D eigenvalue weighted by Gasteiger charge is -2.08. The first-order chi connectivity index (χ1) is 8.79. The van der Waals surface area contributed by atoms with Crippen molar-refractivity contribution in [2.45, 2.75) is 4.90 Å². The Morgan fingerprint density at radius 2 is 1.89 bits per heavy atom. The molecule has 0 fully saturated rings. The lowest BCUT2D eigenvalue weighted by Crippen LogP contribution is -2.12. The van der Waals surface area contributed by atoms with Gasteiger partial charge in [-0.3, -0.25) is 9.40 Å². The van der Waals surface area contributed by atoms with Gasteiger partial charge in [0, 0.05) is 13.2 Å². The number of rotatable bonds is 3. The van der Waals surface area contributed by atoms with Crippen molar-refractivity contribution in [3.8, 4) is 0 Å². The van der Waals surface area contributed by atoms with Crippen molar-refractivity contribution in [2.24, 2.45) is 7.05 Å². The zero-order chi connectivity index (χ0) is 14.2. The number of nitrogens with zero attached hydrogens (tertiary/aromatic N) is 2. The van der Waals surface area contributed by atoms with Crippen LogP contribution in [0.5, 0.6) is 0 Å². The fraction of sp³-hybridized carbons (Fsp3) is 0.100. The maximum atomic E-state index is 13.4. The van der Waals surface area contributed by atoms with Gasteiger partial charge in [0.2, 0.25) is 0 Å². The lowest BCUT2D eigenvalue weighted by molar-refractivity contribution is 0.600. The SMILES string of the molecule is Cn1cc(S(=O)(=O)Nc2cc(Br)c(F)c(Br)c2)cn1. The van der Waals surface area contributed by atoms with Crippen molar-refractivity contribution in [3.05, 3.63) is 39.3 Å². The van der Waals surface area contributed by atoms with Gasteiger partial charge >= 0.3 is 0 Å². The normalized spacial score (nSPS) is 11.6. The van der Waals surface area contributed by atoms with E-state index >= 15 is 0 Å². The Balaban J connectivity index is 2.36. The third-order valence-corrected chi connectivity index (χ3v) is 4.72. The molecule has 0 spiro atoms. The smallest absolute Gasteiger partial charge is 0.265 e. The molecule has 1 N–H and O–H groups in total. The van der Waals surface area contributed by atoms with Crippen LogP contribution in [0.1, 0.15) is 0 Å². The molecule has 1 aromatic carbocycles. The Morgan fingerprint density at radius 3 is 2.37 bits per heavy atom. The van der Waals surface area contributed by atoms with Gasteiger partial charge in [-0.05, 0) is 44.0 Å². The van der Waals surface area contributed by atoms with Crippen molar-refractivity contribution < 1.29 is 12.8 Å². The number of hydrogen-bond donors (Lipinski definition) is 1. The molecule has 0 aliphatic carbocycles. The summed E-state index contributed by atoms with van der Waals surface area (Å²) in [7, 11) is -2.12. The van der Waals surface area contributed by atoms with E-state index in [1.807, 2.05) is 0 Å². The molecule has 0 aliphatic rings. The quantitative estimate of drug-likeness (QED) is 0.788. The Morgan fingerprint density at radius 1 is 1.32 bits per heavy atom. The standard InChI is InChI=1S/C10H8Br2FN3O2S/c1-16-5-7(4-14-16)19(17,18)15-6-2-8(11)10(13)9(12)3-6/h2-5,15H,1H3. The van der Waals surface area contributed by atoms with Crippen LogP contribution in [0.3, 0.4) is 0 Å². The van der Waals surface area contributed by atoms with Crippen molar-refractivity contribution in [1.82, 2.24) is 9.78 Å². The van der Waals surface area contributed by atoms with Crippen LogP contribution in [0.25, 0.3) is 0 Å². The Labute approximate surface area is 126 Å². The number of sulfonamides is 1. The van der Waals surface area contributed by atoms with Gasteiger partial charge < -0.3 is 0 Å². The summed E-state index contributed by atoms with van der Waals surface area (Å²) in [4.78, 5) is 0.0339. The Hall–Kier alpha value is -0.930. The molecule has 0 atom stereocenters. The second-order valence-corrected chi connectivity index (χ2v) is 7.10. The molecule has 2 rings (SSSR count). The van der Waals surface area contributed by atoms with E-state index in [0.717, 1.165) is 0 Å². The topological polar surface area (TPSA) is 64.0 Å². The average molecular weight is 413 g/mol. The summed E-state index contributed by atoms with van der Waals surface area (Å²) < 4.78 is 41.5. The van der Waals surface area contributed by atoms with E-state index in [-0.39, 0.29) is 19.5 Å². The van der Waals surface area contributed by atoms with Crippen LogP contribution in [-0.4, -0.2) is 18.2 Å². The molecule has 9 heteroatoms. The molecule has 1 aromatic heterocycles. The van der Waals surface area contributed by atoms with Crippen LogP contribution in [-0.2, 0) is 17.1 Å². The number of nitrogens with one attached hydrogen (secondary N) is 1. The van der Waals surface area contributed by atoms with Gasteiger partial charge in [-0.25, -0.2) is 12.8 Å². The number of hydrogen-bond acceptors (Lipinski definition) is 3. The van der Waals surface area contributed by atoms with E-state index in [1.165, 1.54) is 29.2 Å². The summed E-state index contributed by atoms with van der Waals surface area (Å²) in [6.45, 7) is 0. The largest absolute Gasteiger partial charge is 0.279 e. The van der Waals surface area contributed by atoms with Crippen LogP contribution < -0.4 is 4.72 Å². The van der Waals surface area contributed by atoms with Crippen molar-refractivity contribution in [2.75, 3.05) is 4.72 Å². The fourth-order valence-corrected chi connectivity index (χ4v) is 3.58. The molecule has 1 heterocycles. The molecule has 0 amide bonds. The second-order valence-electron chi connectivity index (χ2n) is 3.71. The third-order valence-electron chi connectivity index (χ3n) is 2.23. The molecule has 2 aromatic rings. The first kappa shape index (κ1) is 14.5. The molecule has 0 aliphatic heterocycles. The highest BCUT2D eigenvalue weighted by Gasteiger charge is 2.17. The Kier molecular flexibility index (Phi) is 3.98. The minimum absolute atomic E-state index is 0.0339. The van der Waals surface area contributed by atoms with E-state index in [0.29, 0.717) is 0 Å². The minimum atomic E-state index is -3.74. The predicted octanol–water partition coefficient (Wildman–Crippen LogP) is 2.89. The third kappa shape index (κ3) is 3.15. The second kappa shape index (κ2) is 5.22. The van der Waals surface area contributed by atoms with E-state index in [2.05, 4.69) is 41.7 Å². The molecule has 5 nitrogen and oxygen atoms in total. The van der Waals surface area contributed by atoms with Crippen LogP contribution in [0.15, 0.2) is 38.4 Å². The zero-order valence-corrected chi connectivity index (χ0v) is 13.6. The number of aryl methyl sites for hydroxylation is 1. The van der Waals surface area contributed by atoms with Gasteiger partial charge in [0.15, 0.2) is 5.82 Å². The Bertz CT molecular complexity index is 707. The van der Waals surface area contributed by atoms with Gasteiger partial charge in [-0.1, -0.05) is 0 Å². The maximum Gasteiger partial charge on any atom is 0.265 e. The summed E-state index contributed by atoms with van der Waals surface area (Å²) in [5.74, 6) is -0.496. The highest BCUT2D eigenvalue weighted by atomic mass is 79.9. The summed E-state index contributed by atoms with van der Waals surface area (Å²) >= 11 is 6.02. The van der Waals surface area contributed by atoms with Gasteiger partial charge in [-0.2, -0.15) is 5.10 Å². The fourth-order valence-electron chi connectivity index (χ4n) is 1.37. The molecule has 19 heavy (non-hydrogen) atoms. The molecular weight excluding hydrogens is 405 g/mol. The first-order valence-corrected chi connectivity index (χ1v) is 8.02. The van der Waals surface area contributed by atoms with Crippen LogP contribution in [0.4, 0.5) is 10.1 Å². The van der Waals surface area contributed by atoms with Crippen LogP contribution in [0, 0.1) is 5.82 Å². The summed E-state index contributed by atoms with van der Waals surface area (Å²) in [6, 6.07) is 2.68. The monoisotopic (exact) mass is 411 g/mol. The summed E-state index contributed by atoms with van der Waals surface area (Å²) in [5.41, 5.74) is 0.240. The maximum absolute atomic E-state index is 13.4. The zero-order valence-electron chi connectivity index (χ0n) is 9.56. The van der Waals surface area contributed by atoms with E-state index in [9.17, 15) is 12.8 Å². The van der Waals surface area contributed by atoms with Crippen LogP contribution >= 0.6 is 31.9 Å². The predicted molar refractivity (Wildman–Crippen MR) is 75.8 cm³/mol. The molecule has 0 saturated heterocycles. The summed E-state index contributed by atoms with van der Waals surface area (Å²) in [5, 5.41) is 3.79. The highest BCUT2D eigenvalue weighted by Crippen LogP contribution is 2.29. The number of benzene rings is 1. The van der Waals surface area contributed by atoms with E-state index in [1.54, 1.807) is 7.05 Å². The molecule has 0 unspecified atom stereocenters. The molecule has 0 saturated carbocycles. The molecule has 0 bridgehead atoms. The molecule has 102 valence electrons. The highest BCUT2D eigenvalue weighted by molar-refractivity contribution is 9.11. The number of aromatic nitrogens is 2. The first-order valence-electron chi connectivity index (χ1n) is 4.95. The number of halogens is 3. The van der Waals surface area contributed by atoms with Crippen molar-refractivity contribution >= 4 is 47.6 Å². The molecular formula is C10H8Br2FN3O2S. The van der Waals surface area contributed by atoms with Gasteiger partial charge in [0.25, 0.3) is 10.0 Å². The minimum Gasteiger partial charge on any atom is -0.279 e. The summed E-state index contributed by atoms with van der Waals surface area (Å²) in [6.07, 6.45) is 2.60. The lowest BCUT2D eigenvalue weighted by atomic mass is 10.3. The van der Waals surface area contributed by atoms with E-state index in [4.69, 9.17) is 0 Å². The van der Waals surface area contributed by atoms with Crippen LogP contribution in [0.2, 0.25) is 0 Å². The van der Waals surface area contributed by atoms with Crippen molar-refractivity contribution in [1.29, 1.82) is 0 Å². The van der Waals surface area contributed by atoms with Gasteiger partial charge in [-0.15, -0.1) is 0 Å². The average Bonchev–Trinajstić information content (AvgIpc) is 2.73. The number of anilines is 1. The van der Waals surface area contributed by atoms with Gasteiger partial charge in [0.05, 0.1) is 20.8 Å². The van der Waals surface area contributed by atoms with Gasteiger partial charge in [0.1, 0.15) is 4.90 Å². The van der Waals surface area contributed by atoms with E-state index < -0.39 is 15.8 Å².